The van der Waals surface area contributed by atoms with E-state index >= 15 is 0 Å². The van der Waals surface area contributed by atoms with Gasteiger partial charge in [-0.2, -0.15) is 0 Å². The zero-order valence-corrected chi connectivity index (χ0v) is 10.3. The van der Waals surface area contributed by atoms with Crippen LogP contribution >= 0.6 is 0 Å². The molecule has 0 spiro atoms. The van der Waals surface area contributed by atoms with Crippen LogP contribution < -0.4 is 18.6 Å². The summed E-state index contributed by atoms with van der Waals surface area (Å²) in [6.45, 7) is 0. The van der Waals surface area contributed by atoms with Gasteiger partial charge in [-0.15, -0.1) is 10.2 Å². The predicted molar refractivity (Wildman–Crippen MR) is 46.0 cm³/mol. The molecule has 0 aromatic rings. The molecule has 0 aromatic heterocycles. The van der Waals surface area contributed by atoms with Gasteiger partial charge in [0.15, 0.2) is 12.5 Å². The van der Waals surface area contributed by atoms with Crippen LogP contribution in [-0.2, 0) is 4.79 Å². The molecule has 0 saturated heterocycles. The van der Waals surface area contributed by atoms with E-state index in [0.29, 0.717) is 5.57 Å². The van der Waals surface area contributed by atoms with Crippen molar-refractivity contribution in [1.29, 1.82) is 0 Å². The topological polar surface area (TPSA) is 116 Å². The van der Waals surface area contributed by atoms with Crippen LogP contribution in [0.4, 0.5) is 0 Å². The highest BCUT2D eigenvalue weighted by Crippen LogP contribution is 1.86. The van der Waals surface area contributed by atoms with Crippen LogP contribution in [0.2, 0.25) is 0 Å². The lowest BCUT2D eigenvalue weighted by molar-refractivity contribution is -2.00. The van der Waals surface area contributed by atoms with Crippen molar-refractivity contribution in [3.63, 3.8) is 0 Å². The molecule has 0 amide bonds. The first-order valence-corrected chi connectivity index (χ1v) is 5.26. The minimum atomic E-state index is -4.94. The first kappa shape index (κ1) is 17.4. The number of hydrogen-bond acceptors (Lipinski definition) is 6. The number of rotatable bonds is 3. The van der Waals surface area contributed by atoms with Crippen LogP contribution in [0.15, 0.2) is 11.8 Å². The summed E-state index contributed by atoms with van der Waals surface area (Å²) in [4.78, 5) is 12.3. The number of hydrogen-bond donors (Lipinski definition) is 0. The summed E-state index contributed by atoms with van der Waals surface area (Å²) < 4.78 is 35.8. The average Bonchev–Trinajstić information content (AvgIpc) is 1.97. The van der Waals surface area contributed by atoms with Crippen molar-refractivity contribution in [1.82, 2.24) is 4.90 Å². The van der Waals surface area contributed by atoms with Crippen LogP contribution in [-0.4, -0.2) is 50.2 Å². The van der Waals surface area contributed by atoms with Gasteiger partial charge >= 0.3 is 0 Å². The molecule has 0 rings (SSSR count). The van der Waals surface area contributed by atoms with Gasteiger partial charge in [0.1, 0.15) is 14.1 Å². The average molecular weight is 255 g/mol. The normalized spacial score (nSPS) is 11.1. The van der Waals surface area contributed by atoms with Crippen molar-refractivity contribution in [2.24, 2.45) is 0 Å². The van der Waals surface area contributed by atoms with Crippen LogP contribution in [0.3, 0.4) is 0 Å². The Hall–Kier alpha value is -0.990. The maximum absolute atomic E-state index is 10.4. The standard InChI is InChI=1S/C8H15N2O.ClHO4/c1-9(2)5-8(7-11)6-10(3)4;2-1(3,4)5/h5-7H,1-4H3;(H,2,3,4,5)/q+1;/p-1. The molecule has 0 unspecified atom stereocenters. The van der Waals surface area contributed by atoms with E-state index in [4.69, 9.17) is 18.6 Å². The molecule has 94 valence electrons. The lowest BCUT2D eigenvalue weighted by Crippen LogP contribution is -2.68. The summed E-state index contributed by atoms with van der Waals surface area (Å²) in [6, 6.07) is 0. The first-order chi connectivity index (χ1) is 7.06. The minimum absolute atomic E-state index is 0.667. The van der Waals surface area contributed by atoms with Gasteiger partial charge in [-0.05, 0) is 0 Å². The second kappa shape index (κ2) is 8.20. The Labute approximate surface area is 96.3 Å². The molecular formula is C8H15ClN2O5. The van der Waals surface area contributed by atoms with Crippen LogP contribution in [0.25, 0.3) is 0 Å². The van der Waals surface area contributed by atoms with Gasteiger partial charge in [-0.3, -0.25) is 4.79 Å². The molecule has 0 fully saturated rings. The van der Waals surface area contributed by atoms with E-state index in [9.17, 15) is 4.79 Å². The second-order valence-electron chi connectivity index (χ2n) is 3.18. The van der Waals surface area contributed by atoms with Gasteiger partial charge in [0, 0.05) is 20.3 Å². The van der Waals surface area contributed by atoms with Gasteiger partial charge in [0.05, 0.1) is 5.57 Å². The SMILES string of the molecule is CN(C)/C=C(\C=O)C=[N+](C)C.[O-][Cl+3]([O-])([O-])[O-]. The third-order valence-corrected chi connectivity index (χ3v) is 0.951. The maximum Gasteiger partial charge on any atom is 0.175 e. The highest BCUT2D eigenvalue weighted by atomic mass is 35.7. The fourth-order valence-electron chi connectivity index (χ4n) is 0.690. The Morgan fingerprint density at radius 1 is 1.19 bits per heavy atom. The summed E-state index contributed by atoms with van der Waals surface area (Å²) in [5.74, 6) is 0. The van der Waals surface area contributed by atoms with Gasteiger partial charge in [-0.25, -0.2) is 23.2 Å². The van der Waals surface area contributed by atoms with Crippen LogP contribution in [0.5, 0.6) is 0 Å². The molecule has 0 atom stereocenters. The molecule has 0 aliphatic rings. The van der Waals surface area contributed by atoms with E-state index in [2.05, 4.69) is 0 Å². The summed E-state index contributed by atoms with van der Waals surface area (Å²) in [7, 11) is 2.58. The fraction of sp³-hybridized carbons (Fsp3) is 0.500. The van der Waals surface area contributed by atoms with Gasteiger partial charge in [0.2, 0.25) is 0 Å². The number of carbonyl (C=O) groups excluding carboxylic acids is 1. The molecule has 0 heterocycles. The van der Waals surface area contributed by atoms with Crippen LogP contribution in [0, 0.1) is 10.2 Å². The van der Waals surface area contributed by atoms with Crippen molar-refractivity contribution >= 4 is 12.5 Å². The molecule has 7 nitrogen and oxygen atoms in total. The molecule has 0 aromatic carbocycles. The third-order valence-electron chi connectivity index (χ3n) is 0.951. The molecule has 0 radical (unpaired) electrons. The van der Waals surface area contributed by atoms with Crippen molar-refractivity contribution in [3.05, 3.63) is 11.8 Å². The Morgan fingerprint density at radius 3 is 1.75 bits per heavy atom. The smallest absolute Gasteiger partial charge is 0.175 e. The van der Waals surface area contributed by atoms with E-state index < -0.39 is 10.2 Å². The Bertz CT molecular complexity index is 260. The predicted octanol–water partition coefficient (Wildman–Crippen LogP) is -4.78. The first-order valence-electron chi connectivity index (χ1n) is 4.02. The number of carbonyl (C=O) groups is 1. The fourth-order valence-corrected chi connectivity index (χ4v) is 0.690. The molecule has 0 N–H and O–H groups in total. The Kier molecular flexibility index (Phi) is 8.92. The van der Waals surface area contributed by atoms with E-state index in [-0.39, 0.29) is 0 Å². The minimum Gasteiger partial charge on any atom is -0.383 e. The number of nitrogens with zero attached hydrogens (tertiary/aromatic N) is 2. The molecule has 0 aliphatic carbocycles. The lowest BCUT2D eigenvalue weighted by Gasteiger charge is -2.17. The van der Waals surface area contributed by atoms with E-state index in [0.717, 1.165) is 6.29 Å². The van der Waals surface area contributed by atoms with Gasteiger partial charge in [-0.1, -0.05) is 0 Å². The molecule has 8 heteroatoms. The monoisotopic (exact) mass is 254 g/mol. The van der Waals surface area contributed by atoms with Gasteiger partial charge in [0.25, 0.3) is 0 Å². The Morgan fingerprint density at radius 2 is 1.56 bits per heavy atom. The Balaban J connectivity index is 0. The summed E-state index contributed by atoms with van der Waals surface area (Å²) >= 11 is 0. The highest BCUT2D eigenvalue weighted by molar-refractivity contribution is 5.99. The molecule has 0 aliphatic heterocycles. The number of aldehydes is 1. The quantitative estimate of drug-likeness (QED) is 0.216. The van der Waals surface area contributed by atoms with Crippen LogP contribution in [0.1, 0.15) is 0 Å². The van der Waals surface area contributed by atoms with E-state index in [1.54, 1.807) is 12.4 Å². The zero-order chi connectivity index (χ0) is 13.4. The largest absolute Gasteiger partial charge is 0.383 e. The van der Waals surface area contributed by atoms with Crippen molar-refractivity contribution < 1.29 is 38.2 Å². The molecule has 16 heavy (non-hydrogen) atoms. The molecule has 0 bridgehead atoms. The highest BCUT2D eigenvalue weighted by Gasteiger charge is 1.95. The van der Waals surface area contributed by atoms with Crippen molar-refractivity contribution in [2.75, 3.05) is 28.2 Å². The van der Waals surface area contributed by atoms with Crippen molar-refractivity contribution in [2.45, 2.75) is 0 Å². The van der Waals surface area contributed by atoms with Crippen molar-refractivity contribution in [3.8, 4) is 0 Å². The number of halogens is 1. The lowest BCUT2D eigenvalue weighted by atomic mass is 10.3. The molecular weight excluding hydrogens is 240 g/mol. The number of allylic oxidation sites excluding steroid dienone is 1. The van der Waals surface area contributed by atoms with E-state index in [1.165, 1.54) is 0 Å². The second-order valence-corrected chi connectivity index (χ2v) is 3.94. The zero-order valence-electron chi connectivity index (χ0n) is 9.55. The summed E-state index contributed by atoms with van der Waals surface area (Å²) in [6.07, 6.45) is 4.38. The van der Waals surface area contributed by atoms with Gasteiger partial charge < -0.3 is 4.90 Å². The maximum atomic E-state index is 10.4. The summed E-state index contributed by atoms with van der Waals surface area (Å²) in [5.41, 5.74) is 0.667. The third kappa shape index (κ3) is 23.1. The molecule has 0 saturated carbocycles. The summed E-state index contributed by atoms with van der Waals surface area (Å²) in [5, 5.41) is 0. The van der Waals surface area contributed by atoms with E-state index in [1.807, 2.05) is 37.7 Å².